The molecule has 0 aliphatic carbocycles. The zero-order chi connectivity index (χ0) is 11.4. The molecule has 0 spiro atoms. The fourth-order valence-electron chi connectivity index (χ4n) is 1.93. The van der Waals surface area contributed by atoms with E-state index < -0.39 is 11.9 Å². The lowest BCUT2D eigenvalue weighted by Gasteiger charge is -2.35. The highest BCUT2D eigenvalue weighted by Crippen LogP contribution is 2.10. The quantitative estimate of drug-likeness (QED) is 0.649. The average molecular weight is 215 g/mol. The Morgan fingerprint density at radius 2 is 2.00 bits per heavy atom. The first kappa shape index (κ1) is 12.4. The van der Waals surface area contributed by atoms with Crippen molar-refractivity contribution >= 4 is 5.91 Å². The lowest BCUT2D eigenvalue weighted by molar-refractivity contribution is -0.119. The van der Waals surface area contributed by atoms with Crippen LogP contribution in [-0.4, -0.2) is 48.7 Å². The summed E-state index contributed by atoms with van der Waals surface area (Å²) in [4.78, 5) is 13.0. The van der Waals surface area contributed by atoms with E-state index in [0.717, 1.165) is 19.6 Å². The van der Waals surface area contributed by atoms with E-state index >= 15 is 0 Å². The van der Waals surface area contributed by atoms with Crippen molar-refractivity contribution in [3.05, 3.63) is 0 Å². The highest BCUT2D eigenvalue weighted by molar-refractivity contribution is 5.79. The van der Waals surface area contributed by atoms with Crippen LogP contribution in [0.1, 0.15) is 20.3 Å². The zero-order valence-corrected chi connectivity index (χ0v) is 9.48. The fraction of sp³-hybridized carbons (Fsp3) is 0.900. The van der Waals surface area contributed by atoms with Gasteiger partial charge in [0.15, 0.2) is 0 Å². The summed E-state index contributed by atoms with van der Waals surface area (Å²) in [5.74, 6) is -0.427. The van der Waals surface area contributed by atoms with Gasteiger partial charge >= 0.3 is 0 Å². The van der Waals surface area contributed by atoms with Gasteiger partial charge in [-0.25, -0.2) is 0 Å². The van der Waals surface area contributed by atoms with Gasteiger partial charge in [0, 0.05) is 19.6 Å². The van der Waals surface area contributed by atoms with E-state index in [0.29, 0.717) is 6.42 Å². The molecule has 0 aromatic rings. The molecule has 1 heterocycles. The van der Waals surface area contributed by atoms with Crippen molar-refractivity contribution in [3.63, 3.8) is 0 Å². The van der Waals surface area contributed by atoms with Crippen molar-refractivity contribution in [2.75, 3.05) is 19.6 Å². The second-order valence-electron chi connectivity index (χ2n) is 4.31. The lowest BCUT2D eigenvalue weighted by atomic mass is 10.1. The maximum absolute atomic E-state index is 10.8. The summed E-state index contributed by atoms with van der Waals surface area (Å²) in [5.41, 5.74) is 10.7. The Morgan fingerprint density at radius 3 is 2.47 bits per heavy atom. The van der Waals surface area contributed by atoms with E-state index in [1.54, 1.807) is 0 Å². The number of morpholine rings is 1. The van der Waals surface area contributed by atoms with Crippen LogP contribution in [0.25, 0.3) is 0 Å². The molecule has 0 bridgehead atoms. The fourth-order valence-corrected chi connectivity index (χ4v) is 1.93. The number of rotatable bonds is 4. The summed E-state index contributed by atoms with van der Waals surface area (Å²) in [5, 5.41) is 0. The summed E-state index contributed by atoms with van der Waals surface area (Å²) in [6.45, 7) is 6.71. The highest BCUT2D eigenvalue weighted by Gasteiger charge is 2.22. The number of ether oxygens (including phenoxy) is 1. The number of nitrogens with two attached hydrogens (primary N) is 2. The molecule has 5 nitrogen and oxygen atoms in total. The van der Waals surface area contributed by atoms with Gasteiger partial charge in [-0.05, 0) is 20.3 Å². The van der Waals surface area contributed by atoms with E-state index in [1.807, 2.05) is 0 Å². The molecule has 1 amide bonds. The van der Waals surface area contributed by atoms with Gasteiger partial charge in [0.2, 0.25) is 5.91 Å². The molecule has 0 saturated carbocycles. The van der Waals surface area contributed by atoms with Crippen LogP contribution in [-0.2, 0) is 9.53 Å². The van der Waals surface area contributed by atoms with Crippen molar-refractivity contribution in [3.8, 4) is 0 Å². The van der Waals surface area contributed by atoms with Crippen molar-refractivity contribution < 1.29 is 9.53 Å². The second kappa shape index (κ2) is 5.44. The molecule has 0 aromatic heterocycles. The van der Waals surface area contributed by atoms with E-state index in [9.17, 15) is 4.79 Å². The van der Waals surface area contributed by atoms with Crippen LogP contribution < -0.4 is 11.5 Å². The standard InChI is InChI=1S/C10H21N3O2/c1-7-5-13(6-8(2)15-7)4-3-9(11)10(12)14/h7-9H,3-6,11H2,1-2H3,(H2,12,14). The van der Waals surface area contributed by atoms with Crippen LogP contribution >= 0.6 is 0 Å². The highest BCUT2D eigenvalue weighted by atomic mass is 16.5. The molecule has 1 rings (SSSR count). The Morgan fingerprint density at radius 1 is 1.47 bits per heavy atom. The third kappa shape index (κ3) is 4.15. The normalized spacial score (nSPS) is 30.1. The van der Waals surface area contributed by atoms with Gasteiger partial charge in [-0.1, -0.05) is 0 Å². The first-order chi connectivity index (χ1) is 6.99. The van der Waals surface area contributed by atoms with Crippen LogP contribution in [0.2, 0.25) is 0 Å². The zero-order valence-electron chi connectivity index (χ0n) is 9.48. The Bertz CT molecular complexity index is 213. The Hall–Kier alpha value is -0.650. The smallest absolute Gasteiger partial charge is 0.234 e. The van der Waals surface area contributed by atoms with E-state index in [1.165, 1.54) is 0 Å². The maximum Gasteiger partial charge on any atom is 0.234 e. The monoisotopic (exact) mass is 215 g/mol. The number of nitrogens with zero attached hydrogens (tertiary/aromatic N) is 1. The van der Waals surface area contributed by atoms with Crippen molar-refractivity contribution in [1.82, 2.24) is 4.90 Å². The first-order valence-electron chi connectivity index (χ1n) is 5.41. The van der Waals surface area contributed by atoms with E-state index in [-0.39, 0.29) is 12.2 Å². The topological polar surface area (TPSA) is 81.6 Å². The molecule has 3 unspecified atom stereocenters. The Balaban J connectivity index is 2.29. The maximum atomic E-state index is 10.8. The predicted molar refractivity (Wildman–Crippen MR) is 58.2 cm³/mol. The molecule has 0 aromatic carbocycles. The molecule has 3 atom stereocenters. The second-order valence-corrected chi connectivity index (χ2v) is 4.31. The summed E-state index contributed by atoms with van der Waals surface area (Å²) in [7, 11) is 0. The van der Waals surface area contributed by atoms with Crippen LogP contribution in [0.5, 0.6) is 0 Å². The molecule has 15 heavy (non-hydrogen) atoms. The molecular weight excluding hydrogens is 194 g/mol. The van der Waals surface area contributed by atoms with Crippen LogP contribution in [0, 0.1) is 0 Å². The number of carbonyl (C=O) groups is 1. The average Bonchev–Trinajstić information content (AvgIpc) is 2.12. The van der Waals surface area contributed by atoms with Crippen molar-refractivity contribution in [1.29, 1.82) is 0 Å². The van der Waals surface area contributed by atoms with Crippen molar-refractivity contribution in [2.24, 2.45) is 11.5 Å². The van der Waals surface area contributed by atoms with E-state index in [4.69, 9.17) is 16.2 Å². The van der Waals surface area contributed by atoms with Crippen LogP contribution in [0.15, 0.2) is 0 Å². The lowest BCUT2D eigenvalue weighted by Crippen LogP contribution is -2.47. The van der Waals surface area contributed by atoms with Crippen LogP contribution in [0.3, 0.4) is 0 Å². The Labute approximate surface area is 90.7 Å². The molecule has 1 saturated heterocycles. The van der Waals surface area contributed by atoms with Gasteiger partial charge in [-0.2, -0.15) is 0 Å². The molecular formula is C10H21N3O2. The number of hydrogen-bond acceptors (Lipinski definition) is 4. The summed E-state index contributed by atoms with van der Waals surface area (Å²) in [6, 6.07) is -0.529. The van der Waals surface area contributed by atoms with Gasteiger partial charge < -0.3 is 16.2 Å². The predicted octanol–water partition coefficient (Wildman–Crippen LogP) is -0.702. The number of hydrogen-bond donors (Lipinski definition) is 2. The molecule has 0 radical (unpaired) electrons. The van der Waals surface area contributed by atoms with Gasteiger partial charge in [-0.3, -0.25) is 9.69 Å². The molecule has 4 N–H and O–H groups in total. The third-order valence-electron chi connectivity index (χ3n) is 2.62. The number of primary amides is 1. The number of amides is 1. The van der Waals surface area contributed by atoms with Crippen LogP contribution in [0.4, 0.5) is 0 Å². The van der Waals surface area contributed by atoms with Crippen molar-refractivity contribution in [2.45, 2.75) is 38.5 Å². The molecule has 5 heteroatoms. The third-order valence-corrected chi connectivity index (χ3v) is 2.62. The van der Waals surface area contributed by atoms with Gasteiger partial charge in [0.1, 0.15) is 0 Å². The van der Waals surface area contributed by atoms with Gasteiger partial charge in [-0.15, -0.1) is 0 Å². The van der Waals surface area contributed by atoms with E-state index in [2.05, 4.69) is 18.7 Å². The minimum Gasteiger partial charge on any atom is -0.373 e. The first-order valence-corrected chi connectivity index (χ1v) is 5.41. The minimum atomic E-state index is -0.529. The molecule has 1 aliphatic rings. The van der Waals surface area contributed by atoms with Gasteiger partial charge in [0.05, 0.1) is 18.2 Å². The Kier molecular flexibility index (Phi) is 4.50. The molecule has 1 aliphatic heterocycles. The SMILES string of the molecule is CC1CN(CCC(N)C(N)=O)CC(C)O1. The largest absolute Gasteiger partial charge is 0.373 e. The summed E-state index contributed by atoms with van der Waals surface area (Å²) < 4.78 is 5.61. The number of carbonyl (C=O) groups excluding carboxylic acids is 1. The summed E-state index contributed by atoms with van der Waals surface area (Å²) in [6.07, 6.45) is 1.12. The van der Waals surface area contributed by atoms with Gasteiger partial charge in [0.25, 0.3) is 0 Å². The molecule has 1 fully saturated rings. The minimum absolute atomic E-state index is 0.249. The molecule has 88 valence electrons. The summed E-state index contributed by atoms with van der Waals surface area (Å²) >= 11 is 0.